The predicted molar refractivity (Wildman–Crippen MR) is 95.3 cm³/mol. The van der Waals surface area contributed by atoms with Crippen LogP contribution in [0, 0.1) is 0 Å². The lowest BCUT2D eigenvalue weighted by Gasteiger charge is -2.04. The maximum Gasteiger partial charge on any atom is 0.338 e. The number of hydrogen-bond acceptors (Lipinski definition) is 5. The minimum Gasteiger partial charge on any atom is -0.465 e. The molecular formula is C15H12Cl3N4O3+. The topological polar surface area (TPSA) is 108 Å². The highest BCUT2D eigenvalue weighted by atomic mass is 35.5. The van der Waals surface area contributed by atoms with Crippen LogP contribution in [0.25, 0.3) is 0 Å². The molecule has 0 aliphatic rings. The van der Waals surface area contributed by atoms with Crippen LogP contribution in [-0.4, -0.2) is 25.2 Å². The molecule has 0 spiro atoms. The molecule has 0 unspecified atom stereocenters. The van der Waals surface area contributed by atoms with Gasteiger partial charge < -0.3 is 10.5 Å². The van der Waals surface area contributed by atoms with E-state index < -0.39 is 11.9 Å². The van der Waals surface area contributed by atoms with Crippen molar-refractivity contribution in [2.75, 3.05) is 12.8 Å². The van der Waals surface area contributed by atoms with Gasteiger partial charge in [0.2, 0.25) is 0 Å². The van der Waals surface area contributed by atoms with Gasteiger partial charge in [-0.15, -0.1) is 0 Å². The number of nitrogens with one attached hydrogen (secondary N) is 2. The standard InChI is InChI=1S/C15H11Cl3N4O3/c1-25-15(24)8-5-3-2-4-7(8)6-20-22-14(23)12-9(16)11(19)10(17)13(18)21-12/h2-6H,1H3,(H2,19,21)(H,22,23)/p+1/b20-6-. The first-order chi connectivity index (χ1) is 11.9. The summed E-state index contributed by atoms with van der Waals surface area (Å²) in [6, 6.07) is 6.59. The Morgan fingerprint density at radius 2 is 1.92 bits per heavy atom. The molecule has 2 aromatic rings. The van der Waals surface area contributed by atoms with E-state index in [4.69, 9.17) is 40.5 Å². The fourth-order valence-electron chi connectivity index (χ4n) is 1.85. The number of nitrogen functional groups attached to an aromatic ring is 1. The van der Waals surface area contributed by atoms with Crippen molar-refractivity contribution in [3.05, 3.63) is 56.3 Å². The SMILES string of the molecule is COC(=O)c1ccccc1/C=N\NC(=O)c1[nH+]c(Cl)c(Cl)c(N)c1Cl. The number of hydrogen-bond donors (Lipinski definition) is 2. The third kappa shape index (κ3) is 4.19. The van der Waals surface area contributed by atoms with Crippen molar-refractivity contribution in [2.24, 2.45) is 5.10 Å². The molecule has 1 amide bonds. The number of halogens is 3. The number of carbonyl (C=O) groups is 2. The van der Waals surface area contributed by atoms with Gasteiger partial charge in [-0.1, -0.05) is 41.4 Å². The molecule has 1 heterocycles. The molecular weight excluding hydrogens is 391 g/mol. The van der Waals surface area contributed by atoms with Gasteiger partial charge in [0.1, 0.15) is 10.0 Å². The number of pyridine rings is 1. The molecule has 0 aliphatic carbocycles. The monoisotopic (exact) mass is 401 g/mol. The van der Waals surface area contributed by atoms with Gasteiger partial charge in [0.15, 0.2) is 0 Å². The van der Waals surface area contributed by atoms with Gasteiger partial charge in [0.05, 0.1) is 24.6 Å². The average molecular weight is 403 g/mol. The first-order valence-electron chi connectivity index (χ1n) is 6.72. The minimum absolute atomic E-state index is 0.0127. The quantitative estimate of drug-likeness (QED) is 0.354. The molecule has 0 fully saturated rings. The highest BCUT2D eigenvalue weighted by Gasteiger charge is 2.25. The van der Waals surface area contributed by atoms with E-state index in [-0.39, 0.29) is 26.6 Å². The highest BCUT2D eigenvalue weighted by molar-refractivity contribution is 6.45. The van der Waals surface area contributed by atoms with Crippen LogP contribution >= 0.6 is 34.8 Å². The van der Waals surface area contributed by atoms with Crippen molar-refractivity contribution >= 4 is 58.6 Å². The molecule has 1 aromatic carbocycles. The maximum absolute atomic E-state index is 12.2. The van der Waals surface area contributed by atoms with E-state index in [2.05, 4.69) is 20.2 Å². The molecule has 130 valence electrons. The Balaban J connectivity index is 2.22. The Bertz CT molecular complexity index is 871. The van der Waals surface area contributed by atoms with Crippen LogP contribution in [0.2, 0.25) is 15.2 Å². The number of rotatable bonds is 4. The van der Waals surface area contributed by atoms with Crippen molar-refractivity contribution in [1.82, 2.24) is 5.43 Å². The Labute approximate surface area is 157 Å². The molecule has 0 atom stereocenters. The van der Waals surface area contributed by atoms with Gasteiger partial charge >= 0.3 is 11.9 Å². The number of benzene rings is 1. The smallest absolute Gasteiger partial charge is 0.338 e. The first-order valence-corrected chi connectivity index (χ1v) is 7.86. The van der Waals surface area contributed by atoms with Crippen molar-refractivity contribution < 1.29 is 19.3 Å². The second-order valence-electron chi connectivity index (χ2n) is 4.63. The molecule has 0 saturated heterocycles. The highest BCUT2D eigenvalue weighted by Crippen LogP contribution is 2.31. The number of anilines is 1. The normalized spacial score (nSPS) is 10.7. The van der Waals surface area contributed by atoms with Crippen LogP contribution in [0.15, 0.2) is 29.4 Å². The zero-order valence-corrected chi connectivity index (χ0v) is 15.0. The van der Waals surface area contributed by atoms with E-state index in [0.717, 1.165) is 0 Å². The summed E-state index contributed by atoms with van der Waals surface area (Å²) in [6.07, 6.45) is 1.29. The summed E-state index contributed by atoms with van der Waals surface area (Å²) in [7, 11) is 1.27. The van der Waals surface area contributed by atoms with E-state index in [0.29, 0.717) is 11.1 Å². The lowest BCUT2D eigenvalue weighted by Crippen LogP contribution is -2.28. The molecule has 2 rings (SSSR count). The average Bonchev–Trinajstić information content (AvgIpc) is 2.62. The molecule has 0 bridgehead atoms. The van der Waals surface area contributed by atoms with E-state index in [1.54, 1.807) is 24.3 Å². The van der Waals surface area contributed by atoms with Crippen molar-refractivity contribution in [3.63, 3.8) is 0 Å². The second-order valence-corrected chi connectivity index (χ2v) is 5.77. The number of carbonyl (C=O) groups excluding carboxylic acids is 2. The summed E-state index contributed by atoms with van der Waals surface area (Å²) in [5.41, 5.74) is 8.54. The van der Waals surface area contributed by atoms with Crippen LogP contribution in [0.3, 0.4) is 0 Å². The molecule has 10 heteroatoms. The van der Waals surface area contributed by atoms with E-state index >= 15 is 0 Å². The van der Waals surface area contributed by atoms with Crippen molar-refractivity contribution in [3.8, 4) is 0 Å². The number of H-pyrrole nitrogens is 1. The number of ether oxygens (including phenoxy) is 1. The van der Waals surface area contributed by atoms with Crippen LogP contribution in [-0.2, 0) is 4.74 Å². The number of methoxy groups -OCH3 is 1. The molecule has 0 aliphatic heterocycles. The van der Waals surface area contributed by atoms with E-state index in [1.165, 1.54) is 13.3 Å². The van der Waals surface area contributed by atoms with E-state index in [9.17, 15) is 9.59 Å². The zero-order chi connectivity index (χ0) is 18.6. The molecule has 25 heavy (non-hydrogen) atoms. The third-order valence-electron chi connectivity index (χ3n) is 3.08. The summed E-state index contributed by atoms with van der Waals surface area (Å²) in [5, 5.41) is 3.68. The van der Waals surface area contributed by atoms with Crippen LogP contribution in [0.1, 0.15) is 26.4 Å². The minimum atomic E-state index is -0.693. The maximum atomic E-state index is 12.2. The van der Waals surface area contributed by atoms with Gasteiger partial charge in [-0.05, 0) is 17.7 Å². The molecule has 1 aromatic heterocycles. The Morgan fingerprint density at radius 1 is 1.24 bits per heavy atom. The van der Waals surface area contributed by atoms with Gasteiger partial charge in [-0.25, -0.2) is 10.2 Å². The summed E-state index contributed by atoms with van der Waals surface area (Å²) >= 11 is 17.6. The second kappa shape index (κ2) is 8.15. The lowest BCUT2D eigenvalue weighted by molar-refractivity contribution is -0.379. The van der Waals surface area contributed by atoms with Gasteiger partial charge in [0, 0.05) is 5.56 Å². The number of aromatic amines is 1. The number of hydrazone groups is 1. The fourth-order valence-corrected chi connectivity index (χ4v) is 2.46. The number of amides is 1. The lowest BCUT2D eigenvalue weighted by atomic mass is 10.1. The largest absolute Gasteiger partial charge is 0.465 e. The molecule has 7 nitrogen and oxygen atoms in total. The number of nitrogens with two attached hydrogens (primary N) is 1. The Hall–Kier alpha value is -2.35. The number of esters is 1. The van der Waals surface area contributed by atoms with Crippen molar-refractivity contribution in [1.29, 1.82) is 0 Å². The summed E-state index contributed by atoms with van der Waals surface area (Å²) in [6.45, 7) is 0. The van der Waals surface area contributed by atoms with Gasteiger partial charge in [-0.2, -0.15) is 10.1 Å². The van der Waals surface area contributed by atoms with Gasteiger partial charge in [-0.3, -0.25) is 4.79 Å². The number of aromatic nitrogens is 1. The summed E-state index contributed by atoms with van der Waals surface area (Å²) < 4.78 is 4.68. The van der Waals surface area contributed by atoms with Crippen molar-refractivity contribution in [2.45, 2.75) is 0 Å². The zero-order valence-electron chi connectivity index (χ0n) is 12.8. The van der Waals surface area contributed by atoms with E-state index in [1.807, 2.05) is 0 Å². The fraction of sp³-hybridized carbons (Fsp3) is 0.0667. The predicted octanol–water partition coefficient (Wildman–Crippen LogP) is 2.59. The molecule has 0 saturated carbocycles. The van der Waals surface area contributed by atoms with Crippen LogP contribution in [0.4, 0.5) is 5.69 Å². The van der Waals surface area contributed by atoms with Crippen LogP contribution in [0.5, 0.6) is 0 Å². The Morgan fingerprint density at radius 3 is 2.60 bits per heavy atom. The van der Waals surface area contributed by atoms with Gasteiger partial charge in [0.25, 0.3) is 10.8 Å². The molecule has 4 N–H and O–H groups in total. The molecule has 0 radical (unpaired) electrons. The Kier molecular flexibility index (Phi) is 6.19. The van der Waals surface area contributed by atoms with Crippen LogP contribution < -0.4 is 16.1 Å². The summed E-state index contributed by atoms with van der Waals surface area (Å²) in [5.74, 6) is -1.22. The third-order valence-corrected chi connectivity index (χ3v) is 4.25. The summed E-state index contributed by atoms with van der Waals surface area (Å²) in [4.78, 5) is 26.4. The first kappa shape index (κ1) is 19.0. The number of nitrogens with zero attached hydrogens (tertiary/aromatic N) is 1.